The number of hydrogen-bond donors (Lipinski definition) is 4. The first-order valence-corrected chi connectivity index (χ1v) is 6.77. The lowest BCUT2D eigenvalue weighted by molar-refractivity contribution is -0.113. The van der Waals surface area contributed by atoms with Gasteiger partial charge < -0.3 is 20.4 Å². The topological polar surface area (TPSA) is 115 Å². The molecule has 1 aliphatic carbocycles. The Balaban J connectivity index is 0.000000180. The maximum atomic E-state index is 10.3. The Bertz CT molecular complexity index is 685. The van der Waals surface area contributed by atoms with Crippen LogP contribution in [0, 0.1) is 0 Å². The quantitative estimate of drug-likeness (QED) is 0.436. The molecule has 6 nitrogen and oxygen atoms in total. The molecule has 24 heavy (non-hydrogen) atoms. The zero-order chi connectivity index (χ0) is 17.9. The highest BCUT2D eigenvalue weighted by Crippen LogP contribution is 2.21. The Hall–Kier alpha value is -3.54. The second kappa shape index (κ2) is 9.47. The van der Waals surface area contributed by atoms with Crippen LogP contribution in [-0.4, -0.2) is 32.0 Å². The van der Waals surface area contributed by atoms with Crippen LogP contribution in [0.1, 0.15) is 0 Å². The summed E-state index contributed by atoms with van der Waals surface area (Å²) in [7, 11) is 0. The second-order valence-corrected chi connectivity index (χ2v) is 4.48. The summed E-state index contributed by atoms with van der Waals surface area (Å²) in [6, 6.07) is 12.0. The molecular formula is C18H16O6. The van der Waals surface area contributed by atoms with E-state index < -0.39 is 0 Å². The van der Waals surface area contributed by atoms with Crippen molar-refractivity contribution in [2.45, 2.75) is 0 Å². The van der Waals surface area contributed by atoms with E-state index in [0.29, 0.717) is 0 Å². The molecule has 0 aliphatic heterocycles. The Labute approximate surface area is 138 Å². The number of phenolic OH excluding ortho intramolecular Hbond substituents is 4. The number of allylic oxidation sites excluding steroid dienone is 4. The van der Waals surface area contributed by atoms with Crippen LogP contribution in [0.15, 0.2) is 72.8 Å². The Morgan fingerprint density at radius 3 is 1.17 bits per heavy atom. The third-order valence-electron chi connectivity index (χ3n) is 2.54. The summed E-state index contributed by atoms with van der Waals surface area (Å²) in [6.45, 7) is 0. The van der Waals surface area contributed by atoms with Crippen molar-refractivity contribution in [1.82, 2.24) is 0 Å². The summed E-state index contributed by atoms with van der Waals surface area (Å²) in [5, 5.41) is 34.6. The highest BCUT2D eigenvalue weighted by molar-refractivity contribution is 6.14. The maximum Gasteiger partial charge on any atom is 0.178 e. The molecule has 0 aromatic heterocycles. The number of benzene rings is 2. The minimum atomic E-state index is -0.121. The summed E-state index contributed by atoms with van der Waals surface area (Å²) in [5.74, 6) is -0.218. The molecule has 4 N–H and O–H groups in total. The van der Waals surface area contributed by atoms with Gasteiger partial charge in [-0.2, -0.15) is 0 Å². The van der Waals surface area contributed by atoms with Crippen molar-refractivity contribution < 1.29 is 30.0 Å². The van der Waals surface area contributed by atoms with Gasteiger partial charge in [-0.1, -0.05) is 18.2 Å². The summed E-state index contributed by atoms with van der Waals surface area (Å²) in [4.78, 5) is 20.6. The van der Waals surface area contributed by atoms with Crippen molar-refractivity contribution in [2.75, 3.05) is 0 Å². The molecule has 0 radical (unpaired) electrons. The number of carbonyl (C=O) groups is 2. The molecule has 0 amide bonds. The van der Waals surface area contributed by atoms with Crippen molar-refractivity contribution in [3.8, 4) is 23.0 Å². The standard InChI is InChI=1S/C6H4O2.2C6H6O2/c7-5-1-2-6(8)4-3-5;7-5-2-1-3-6(8)4-5;7-5-3-1-2-4-6(5)8/h1-4H;2*1-4,7-8H. The third kappa shape index (κ3) is 7.46. The van der Waals surface area contributed by atoms with Gasteiger partial charge in [-0.15, -0.1) is 0 Å². The van der Waals surface area contributed by atoms with Crippen LogP contribution in [0.4, 0.5) is 0 Å². The van der Waals surface area contributed by atoms with Crippen LogP contribution in [0.25, 0.3) is 0 Å². The normalized spacial score (nSPS) is 11.8. The van der Waals surface area contributed by atoms with E-state index in [1.54, 1.807) is 18.2 Å². The lowest BCUT2D eigenvalue weighted by Gasteiger charge is -1.91. The smallest absolute Gasteiger partial charge is 0.178 e. The first kappa shape index (κ1) is 18.5. The average Bonchev–Trinajstić information content (AvgIpc) is 2.54. The molecule has 0 unspecified atom stereocenters. The highest BCUT2D eigenvalue weighted by Gasteiger charge is 1.98. The molecule has 2 aromatic carbocycles. The fourth-order valence-corrected chi connectivity index (χ4v) is 1.40. The van der Waals surface area contributed by atoms with Gasteiger partial charge in [0.25, 0.3) is 0 Å². The zero-order valence-electron chi connectivity index (χ0n) is 12.5. The van der Waals surface area contributed by atoms with Crippen LogP contribution in [0.3, 0.4) is 0 Å². The predicted molar refractivity (Wildman–Crippen MR) is 87.8 cm³/mol. The minimum Gasteiger partial charge on any atom is -0.508 e. The number of carbonyl (C=O) groups excluding carboxylic acids is 2. The number of ketones is 2. The number of para-hydroxylation sites is 2. The predicted octanol–water partition coefficient (Wildman–Crippen LogP) is 2.45. The molecule has 0 saturated heterocycles. The SMILES string of the molecule is O=C1C=CC(=O)C=C1.Oc1cccc(O)c1.Oc1ccccc1O. The first-order valence-electron chi connectivity index (χ1n) is 6.77. The molecule has 124 valence electrons. The van der Waals surface area contributed by atoms with E-state index in [4.69, 9.17) is 20.4 Å². The lowest BCUT2D eigenvalue weighted by atomic mass is 10.2. The molecule has 0 saturated carbocycles. The van der Waals surface area contributed by atoms with Crippen LogP contribution in [-0.2, 0) is 9.59 Å². The summed E-state index contributed by atoms with van der Waals surface area (Å²) >= 11 is 0. The number of aromatic hydroxyl groups is 4. The van der Waals surface area contributed by atoms with Crippen LogP contribution in [0.2, 0.25) is 0 Å². The molecule has 0 heterocycles. The van der Waals surface area contributed by atoms with Gasteiger partial charge >= 0.3 is 0 Å². The van der Waals surface area contributed by atoms with Crippen molar-refractivity contribution in [3.05, 3.63) is 72.8 Å². The van der Waals surface area contributed by atoms with Gasteiger partial charge in [0.2, 0.25) is 0 Å². The van der Waals surface area contributed by atoms with Gasteiger partial charge in [-0.25, -0.2) is 0 Å². The van der Waals surface area contributed by atoms with E-state index in [9.17, 15) is 9.59 Å². The van der Waals surface area contributed by atoms with Crippen LogP contribution < -0.4 is 0 Å². The second-order valence-electron chi connectivity index (χ2n) is 4.48. The van der Waals surface area contributed by atoms with Crippen molar-refractivity contribution >= 4 is 11.6 Å². The zero-order valence-corrected chi connectivity index (χ0v) is 12.5. The maximum absolute atomic E-state index is 10.3. The van der Waals surface area contributed by atoms with Gasteiger partial charge in [0.1, 0.15) is 11.5 Å². The van der Waals surface area contributed by atoms with Gasteiger partial charge in [-0.05, 0) is 48.6 Å². The molecule has 0 atom stereocenters. The number of hydrogen-bond acceptors (Lipinski definition) is 6. The van der Waals surface area contributed by atoms with Gasteiger partial charge in [0.15, 0.2) is 23.1 Å². The largest absolute Gasteiger partial charge is 0.508 e. The molecule has 6 heteroatoms. The van der Waals surface area contributed by atoms with E-state index in [1.807, 2.05) is 0 Å². The average molecular weight is 328 g/mol. The first-order chi connectivity index (χ1) is 11.4. The number of rotatable bonds is 0. The molecule has 0 bridgehead atoms. The van der Waals surface area contributed by atoms with Crippen molar-refractivity contribution in [2.24, 2.45) is 0 Å². The molecule has 0 fully saturated rings. The molecule has 2 aromatic rings. The van der Waals surface area contributed by atoms with Gasteiger partial charge in [0.05, 0.1) is 0 Å². The molecular weight excluding hydrogens is 312 g/mol. The van der Waals surface area contributed by atoms with Crippen LogP contribution in [0.5, 0.6) is 23.0 Å². The summed E-state index contributed by atoms with van der Waals surface area (Å²) < 4.78 is 0. The molecule has 0 spiro atoms. The van der Waals surface area contributed by atoms with E-state index in [1.165, 1.54) is 54.6 Å². The van der Waals surface area contributed by atoms with Crippen molar-refractivity contribution in [1.29, 1.82) is 0 Å². The van der Waals surface area contributed by atoms with E-state index in [-0.39, 0.29) is 34.6 Å². The Kier molecular flexibility index (Phi) is 7.30. The summed E-state index contributed by atoms with van der Waals surface area (Å²) in [5.41, 5.74) is 0. The molecule has 1 aliphatic rings. The Morgan fingerprint density at radius 2 is 0.917 bits per heavy atom. The van der Waals surface area contributed by atoms with Gasteiger partial charge in [0, 0.05) is 6.07 Å². The molecule has 3 rings (SSSR count). The fraction of sp³-hybridized carbons (Fsp3) is 0. The van der Waals surface area contributed by atoms with Crippen molar-refractivity contribution in [3.63, 3.8) is 0 Å². The fourth-order valence-electron chi connectivity index (χ4n) is 1.40. The number of phenols is 4. The van der Waals surface area contributed by atoms with E-state index >= 15 is 0 Å². The van der Waals surface area contributed by atoms with E-state index in [0.717, 1.165) is 0 Å². The van der Waals surface area contributed by atoms with Crippen LogP contribution >= 0.6 is 0 Å². The highest BCUT2D eigenvalue weighted by atomic mass is 16.3. The third-order valence-corrected chi connectivity index (χ3v) is 2.54. The van der Waals surface area contributed by atoms with Gasteiger partial charge in [-0.3, -0.25) is 9.59 Å². The minimum absolute atomic E-state index is 0.0764. The monoisotopic (exact) mass is 328 g/mol. The lowest BCUT2D eigenvalue weighted by Crippen LogP contribution is -1.97. The Morgan fingerprint density at radius 1 is 0.542 bits per heavy atom. The van der Waals surface area contributed by atoms with E-state index in [2.05, 4.69) is 0 Å². The summed E-state index contributed by atoms with van der Waals surface area (Å²) in [6.07, 6.45) is 5.01.